The molecular formula is C24H28O6. The first-order valence-corrected chi connectivity index (χ1v) is 10.5. The predicted octanol–water partition coefficient (Wildman–Crippen LogP) is 2.67. The summed E-state index contributed by atoms with van der Waals surface area (Å²) in [6.45, 7) is 0.687. The summed E-state index contributed by atoms with van der Waals surface area (Å²) in [6.07, 6.45) is -0.750. The topological polar surface area (TPSA) is 74.2 Å². The highest BCUT2D eigenvalue weighted by molar-refractivity contribution is 5.70. The van der Waals surface area contributed by atoms with Gasteiger partial charge in [-0.1, -0.05) is 60.7 Å². The molecule has 0 bridgehead atoms. The lowest BCUT2D eigenvalue weighted by Crippen LogP contribution is -2.59. The Morgan fingerprint density at radius 1 is 1.00 bits per heavy atom. The van der Waals surface area contributed by atoms with Gasteiger partial charge in [0.25, 0.3) is 0 Å². The molecule has 2 fully saturated rings. The standard InChI is InChI=1S/C24H28O6/c25-15-20-23(30-21(26)12-11-17-7-3-1-4-8-17)24(22-19(29-20)13-14-27-22)28-16-18-9-5-2-6-10-18/h1-10,19-20,22-25H,11-16H2. The van der Waals surface area contributed by atoms with Crippen LogP contribution in [0.4, 0.5) is 0 Å². The molecule has 5 unspecified atom stereocenters. The number of aliphatic hydroxyl groups is 1. The van der Waals surface area contributed by atoms with Crippen LogP contribution >= 0.6 is 0 Å². The summed E-state index contributed by atoms with van der Waals surface area (Å²) >= 11 is 0. The summed E-state index contributed by atoms with van der Waals surface area (Å²) in [4.78, 5) is 12.6. The van der Waals surface area contributed by atoms with Gasteiger partial charge in [0.05, 0.1) is 19.3 Å². The molecule has 2 heterocycles. The Hall–Kier alpha value is -2.25. The minimum absolute atomic E-state index is 0.165. The number of ether oxygens (including phenoxy) is 4. The fourth-order valence-electron chi connectivity index (χ4n) is 4.09. The molecule has 0 saturated carbocycles. The van der Waals surface area contributed by atoms with Gasteiger partial charge in [0.15, 0.2) is 6.10 Å². The van der Waals surface area contributed by atoms with Gasteiger partial charge in [0, 0.05) is 13.0 Å². The second-order valence-electron chi connectivity index (χ2n) is 7.72. The maximum Gasteiger partial charge on any atom is 0.306 e. The zero-order valence-corrected chi connectivity index (χ0v) is 16.9. The molecule has 0 amide bonds. The molecule has 2 aromatic rings. The third-order valence-corrected chi connectivity index (χ3v) is 5.64. The first-order chi connectivity index (χ1) is 14.7. The first-order valence-electron chi connectivity index (χ1n) is 10.5. The highest BCUT2D eigenvalue weighted by atomic mass is 16.6. The molecule has 4 rings (SSSR count). The Balaban J connectivity index is 1.44. The summed E-state index contributed by atoms with van der Waals surface area (Å²) in [5.74, 6) is -0.337. The van der Waals surface area contributed by atoms with Gasteiger partial charge in [0.2, 0.25) is 0 Å². The maximum absolute atomic E-state index is 12.6. The van der Waals surface area contributed by atoms with Crippen LogP contribution in [0.2, 0.25) is 0 Å². The minimum Gasteiger partial charge on any atom is -0.457 e. The molecule has 6 heteroatoms. The van der Waals surface area contributed by atoms with Gasteiger partial charge in [-0.05, 0) is 24.0 Å². The van der Waals surface area contributed by atoms with Crippen LogP contribution in [0.15, 0.2) is 60.7 Å². The van der Waals surface area contributed by atoms with E-state index in [1.165, 1.54) is 0 Å². The second kappa shape index (κ2) is 10.2. The Morgan fingerprint density at radius 3 is 2.40 bits per heavy atom. The smallest absolute Gasteiger partial charge is 0.306 e. The van der Waals surface area contributed by atoms with Crippen molar-refractivity contribution in [2.24, 2.45) is 0 Å². The van der Waals surface area contributed by atoms with E-state index in [2.05, 4.69) is 0 Å². The van der Waals surface area contributed by atoms with Crippen LogP contribution in [0.25, 0.3) is 0 Å². The monoisotopic (exact) mass is 412 g/mol. The van der Waals surface area contributed by atoms with E-state index in [0.29, 0.717) is 19.6 Å². The van der Waals surface area contributed by atoms with Crippen LogP contribution in [-0.2, 0) is 36.8 Å². The number of carbonyl (C=O) groups is 1. The number of rotatable bonds is 8. The highest BCUT2D eigenvalue weighted by Gasteiger charge is 2.51. The van der Waals surface area contributed by atoms with Crippen molar-refractivity contribution >= 4 is 5.97 Å². The molecule has 0 radical (unpaired) electrons. The number of esters is 1. The van der Waals surface area contributed by atoms with Crippen molar-refractivity contribution in [3.63, 3.8) is 0 Å². The molecule has 0 aromatic heterocycles. The number of fused-ring (bicyclic) bond motifs is 1. The van der Waals surface area contributed by atoms with Gasteiger partial charge in [-0.3, -0.25) is 4.79 Å². The van der Waals surface area contributed by atoms with Crippen LogP contribution < -0.4 is 0 Å². The quantitative estimate of drug-likeness (QED) is 0.672. The number of benzene rings is 2. The first kappa shape index (κ1) is 21.0. The zero-order chi connectivity index (χ0) is 20.8. The Bertz CT molecular complexity index is 796. The van der Waals surface area contributed by atoms with Gasteiger partial charge in [0.1, 0.15) is 18.3 Å². The molecule has 1 N–H and O–H groups in total. The van der Waals surface area contributed by atoms with E-state index in [0.717, 1.165) is 17.5 Å². The van der Waals surface area contributed by atoms with E-state index in [1.807, 2.05) is 60.7 Å². The van der Waals surface area contributed by atoms with Crippen LogP contribution in [0.3, 0.4) is 0 Å². The van der Waals surface area contributed by atoms with Crippen molar-refractivity contribution < 1.29 is 28.8 Å². The van der Waals surface area contributed by atoms with Gasteiger partial charge in [-0.2, -0.15) is 0 Å². The molecule has 2 aliphatic rings. The van der Waals surface area contributed by atoms with E-state index in [9.17, 15) is 9.90 Å². The lowest BCUT2D eigenvalue weighted by atomic mass is 9.94. The Kier molecular flexibility index (Phi) is 7.12. The molecule has 6 nitrogen and oxygen atoms in total. The van der Waals surface area contributed by atoms with Gasteiger partial charge < -0.3 is 24.1 Å². The highest BCUT2D eigenvalue weighted by Crippen LogP contribution is 2.34. The van der Waals surface area contributed by atoms with Gasteiger partial charge in [-0.25, -0.2) is 0 Å². The van der Waals surface area contributed by atoms with Crippen molar-refractivity contribution in [3.05, 3.63) is 71.8 Å². The SMILES string of the molecule is O=C(CCc1ccccc1)OC1C(CO)OC2CCOC2C1OCc1ccccc1. The van der Waals surface area contributed by atoms with Crippen molar-refractivity contribution in [2.45, 2.75) is 56.4 Å². The van der Waals surface area contributed by atoms with Crippen molar-refractivity contribution in [2.75, 3.05) is 13.2 Å². The predicted molar refractivity (Wildman–Crippen MR) is 110 cm³/mol. The molecule has 5 atom stereocenters. The van der Waals surface area contributed by atoms with Crippen molar-refractivity contribution in [3.8, 4) is 0 Å². The van der Waals surface area contributed by atoms with Crippen LogP contribution in [0.1, 0.15) is 24.0 Å². The number of hydrogen-bond acceptors (Lipinski definition) is 6. The van der Waals surface area contributed by atoms with Crippen molar-refractivity contribution in [1.82, 2.24) is 0 Å². The summed E-state index contributed by atoms with van der Waals surface area (Å²) in [5.41, 5.74) is 2.09. The van der Waals surface area contributed by atoms with E-state index in [1.54, 1.807) is 0 Å². The average molecular weight is 412 g/mol. The summed E-state index contributed by atoms with van der Waals surface area (Å²) < 4.78 is 23.8. The number of aryl methyl sites for hydroxylation is 1. The van der Waals surface area contributed by atoms with E-state index in [-0.39, 0.29) is 31.2 Å². The normalized spacial score (nSPS) is 28.1. The third kappa shape index (κ3) is 5.08. The number of aliphatic hydroxyl groups excluding tert-OH is 1. The van der Waals surface area contributed by atoms with E-state index >= 15 is 0 Å². The Labute approximate surface area is 176 Å². The molecule has 160 valence electrons. The second-order valence-corrected chi connectivity index (χ2v) is 7.72. The summed E-state index contributed by atoms with van der Waals surface area (Å²) in [7, 11) is 0. The molecule has 2 aliphatic heterocycles. The number of carbonyl (C=O) groups excluding carboxylic acids is 1. The summed E-state index contributed by atoms with van der Waals surface area (Å²) in [6, 6.07) is 19.6. The van der Waals surface area contributed by atoms with Crippen LogP contribution in [0, 0.1) is 0 Å². The molecule has 0 spiro atoms. The maximum atomic E-state index is 12.6. The van der Waals surface area contributed by atoms with Gasteiger partial charge >= 0.3 is 5.97 Å². The van der Waals surface area contributed by atoms with E-state index in [4.69, 9.17) is 18.9 Å². The lowest BCUT2D eigenvalue weighted by molar-refractivity contribution is -0.241. The average Bonchev–Trinajstić information content (AvgIpc) is 3.26. The molecule has 0 aliphatic carbocycles. The van der Waals surface area contributed by atoms with E-state index < -0.39 is 18.3 Å². The minimum atomic E-state index is -0.721. The zero-order valence-electron chi connectivity index (χ0n) is 16.9. The molecule has 2 aromatic carbocycles. The summed E-state index contributed by atoms with van der Waals surface area (Å²) in [5, 5.41) is 9.89. The molecule has 2 saturated heterocycles. The lowest BCUT2D eigenvalue weighted by Gasteiger charge is -2.42. The van der Waals surface area contributed by atoms with Crippen molar-refractivity contribution in [1.29, 1.82) is 0 Å². The fraction of sp³-hybridized carbons (Fsp3) is 0.458. The third-order valence-electron chi connectivity index (χ3n) is 5.64. The fourth-order valence-corrected chi connectivity index (χ4v) is 4.09. The largest absolute Gasteiger partial charge is 0.457 e. The van der Waals surface area contributed by atoms with Gasteiger partial charge in [-0.15, -0.1) is 0 Å². The molecular weight excluding hydrogens is 384 g/mol. The Morgan fingerprint density at radius 2 is 1.70 bits per heavy atom. The number of hydrogen-bond donors (Lipinski definition) is 1. The van der Waals surface area contributed by atoms with Crippen LogP contribution in [0.5, 0.6) is 0 Å². The van der Waals surface area contributed by atoms with Crippen LogP contribution in [-0.4, -0.2) is 54.8 Å². The molecule has 30 heavy (non-hydrogen) atoms.